The van der Waals surface area contributed by atoms with Gasteiger partial charge in [0.25, 0.3) is 0 Å². The van der Waals surface area contributed by atoms with Crippen LogP contribution in [0, 0.1) is 0 Å². The summed E-state index contributed by atoms with van der Waals surface area (Å²) in [7, 11) is 0. The van der Waals surface area contributed by atoms with Crippen molar-refractivity contribution in [3.8, 4) is 0 Å². The molecule has 3 N–H and O–H groups in total. The number of rotatable bonds is 57. The van der Waals surface area contributed by atoms with Gasteiger partial charge in [0, 0.05) is 6.42 Å². The Labute approximate surface area is 426 Å². The van der Waals surface area contributed by atoms with E-state index in [2.05, 4.69) is 55.6 Å². The quantitative estimate of drug-likeness (QED) is 0.0420. The molecule has 4 heteroatoms. The zero-order chi connectivity index (χ0) is 49.2. The second-order valence-corrected chi connectivity index (χ2v) is 21.1. The number of nitrogens with one attached hydrogen (secondary N) is 1. The molecule has 0 aliphatic heterocycles. The Morgan fingerprint density at radius 1 is 0.338 bits per heavy atom. The van der Waals surface area contributed by atoms with Crippen LogP contribution in [0.5, 0.6) is 0 Å². The molecule has 400 valence electrons. The lowest BCUT2D eigenvalue weighted by molar-refractivity contribution is -0.123. The summed E-state index contributed by atoms with van der Waals surface area (Å²) in [6.07, 6.45) is 83.0. The van der Waals surface area contributed by atoms with E-state index < -0.39 is 12.1 Å². The van der Waals surface area contributed by atoms with E-state index >= 15 is 0 Å². The Hall–Kier alpha value is -1.65. The van der Waals surface area contributed by atoms with E-state index in [0.29, 0.717) is 6.42 Å². The van der Waals surface area contributed by atoms with Crippen LogP contribution in [0.15, 0.2) is 48.6 Å². The number of aliphatic hydroxyl groups is 2. The standard InChI is InChI=1S/C64H121NO3/c1-3-5-7-9-11-13-15-17-19-21-23-25-27-29-30-31-32-33-34-36-38-40-42-44-46-48-50-52-54-56-58-60-64(68)65-62(61-66)63(67)59-57-55-53-51-49-47-45-43-41-39-37-35-28-26-24-22-20-18-16-14-12-10-8-6-4-2/h21,23,41,43,49,51,57,59,62-63,66-67H,3-20,22,24-40,42,44-48,50,52-56,58,60-61H2,1-2H3,(H,65,68)/b23-21-,43-41+,51-49+,59-57+. The van der Waals surface area contributed by atoms with Gasteiger partial charge < -0.3 is 15.5 Å². The van der Waals surface area contributed by atoms with Gasteiger partial charge >= 0.3 is 0 Å². The number of allylic oxidation sites excluding steroid dienone is 7. The number of hydrogen-bond acceptors (Lipinski definition) is 3. The molecular formula is C64H121NO3. The van der Waals surface area contributed by atoms with E-state index in [-0.39, 0.29) is 12.5 Å². The minimum atomic E-state index is -0.871. The van der Waals surface area contributed by atoms with Crippen molar-refractivity contribution < 1.29 is 15.0 Å². The van der Waals surface area contributed by atoms with E-state index in [4.69, 9.17) is 0 Å². The van der Waals surface area contributed by atoms with Gasteiger partial charge in [-0.2, -0.15) is 0 Å². The number of hydrogen-bond donors (Lipinski definition) is 3. The molecule has 0 aliphatic rings. The zero-order valence-electron chi connectivity index (χ0n) is 46.1. The third-order valence-electron chi connectivity index (χ3n) is 14.3. The fourth-order valence-electron chi connectivity index (χ4n) is 9.56. The molecule has 0 saturated carbocycles. The second kappa shape index (κ2) is 59.7. The molecular weight excluding hydrogens is 831 g/mol. The third-order valence-corrected chi connectivity index (χ3v) is 14.3. The molecule has 0 aromatic rings. The summed E-state index contributed by atoms with van der Waals surface area (Å²) >= 11 is 0. The topological polar surface area (TPSA) is 69.6 Å². The minimum Gasteiger partial charge on any atom is -0.394 e. The van der Waals surface area contributed by atoms with E-state index in [0.717, 1.165) is 38.5 Å². The van der Waals surface area contributed by atoms with E-state index in [1.54, 1.807) is 6.08 Å². The average molecular weight is 953 g/mol. The van der Waals surface area contributed by atoms with Gasteiger partial charge in [-0.1, -0.05) is 306 Å². The monoisotopic (exact) mass is 952 g/mol. The van der Waals surface area contributed by atoms with Gasteiger partial charge in [0.1, 0.15) is 0 Å². The van der Waals surface area contributed by atoms with Gasteiger partial charge in [-0.15, -0.1) is 0 Å². The smallest absolute Gasteiger partial charge is 0.220 e. The lowest BCUT2D eigenvalue weighted by atomic mass is 10.0. The summed E-state index contributed by atoms with van der Waals surface area (Å²) < 4.78 is 0. The van der Waals surface area contributed by atoms with Crippen molar-refractivity contribution in [3.63, 3.8) is 0 Å². The van der Waals surface area contributed by atoms with Crippen LogP contribution in [0.4, 0.5) is 0 Å². The van der Waals surface area contributed by atoms with E-state index in [1.807, 2.05) is 6.08 Å². The molecule has 4 nitrogen and oxygen atoms in total. The first-order valence-electron chi connectivity index (χ1n) is 30.9. The van der Waals surface area contributed by atoms with Crippen LogP contribution < -0.4 is 5.32 Å². The maximum atomic E-state index is 12.5. The van der Waals surface area contributed by atoms with Gasteiger partial charge in [-0.25, -0.2) is 0 Å². The summed E-state index contributed by atoms with van der Waals surface area (Å²) in [5.41, 5.74) is 0. The van der Waals surface area contributed by atoms with Crippen molar-refractivity contribution in [2.24, 2.45) is 0 Å². The van der Waals surface area contributed by atoms with Crippen molar-refractivity contribution in [1.82, 2.24) is 5.32 Å². The molecule has 0 spiro atoms. The highest BCUT2D eigenvalue weighted by atomic mass is 16.3. The van der Waals surface area contributed by atoms with Crippen molar-refractivity contribution in [2.75, 3.05) is 6.61 Å². The Bertz CT molecular complexity index is 1080. The number of aliphatic hydroxyl groups excluding tert-OH is 2. The number of amides is 1. The molecule has 0 saturated heterocycles. The molecule has 68 heavy (non-hydrogen) atoms. The molecule has 2 unspecified atom stereocenters. The zero-order valence-corrected chi connectivity index (χ0v) is 46.1. The molecule has 0 bridgehead atoms. The molecule has 2 atom stereocenters. The van der Waals surface area contributed by atoms with Crippen LogP contribution in [0.2, 0.25) is 0 Å². The predicted molar refractivity (Wildman–Crippen MR) is 304 cm³/mol. The number of carbonyl (C=O) groups excluding carboxylic acids is 1. The second-order valence-electron chi connectivity index (χ2n) is 21.1. The molecule has 0 aliphatic carbocycles. The lowest BCUT2D eigenvalue weighted by Gasteiger charge is -2.19. The predicted octanol–water partition coefficient (Wildman–Crippen LogP) is 20.6. The molecule has 1 amide bonds. The normalized spacial score (nSPS) is 13.1. The highest BCUT2D eigenvalue weighted by Crippen LogP contribution is 2.17. The first-order chi connectivity index (χ1) is 33.7. The van der Waals surface area contributed by atoms with Crippen LogP contribution in [-0.2, 0) is 4.79 Å². The molecule has 0 rings (SSSR count). The maximum absolute atomic E-state index is 12.5. The summed E-state index contributed by atoms with van der Waals surface area (Å²) in [4.78, 5) is 12.5. The van der Waals surface area contributed by atoms with Crippen molar-refractivity contribution >= 4 is 5.91 Å². The van der Waals surface area contributed by atoms with Crippen LogP contribution in [0.25, 0.3) is 0 Å². The van der Waals surface area contributed by atoms with Crippen molar-refractivity contribution in [2.45, 2.75) is 347 Å². The molecule has 0 aromatic carbocycles. The van der Waals surface area contributed by atoms with Gasteiger partial charge in [-0.05, 0) is 70.6 Å². The highest BCUT2D eigenvalue weighted by molar-refractivity contribution is 5.76. The number of unbranched alkanes of at least 4 members (excludes halogenated alkanes) is 44. The van der Waals surface area contributed by atoms with Crippen LogP contribution >= 0.6 is 0 Å². The average Bonchev–Trinajstić information content (AvgIpc) is 3.34. The Balaban J connectivity index is 3.50. The van der Waals surface area contributed by atoms with Crippen molar-refractivity contribution in [1.29, 1.82) is 0 Å². The minimum absolute atomic E-state index is 0.0725. The van der Waals surface area contributed by atoms with Gasteiger partial charge in [0.05, 0.1) is 18.8 Å². The van der Waals surface area contributed by atoms with Crippen LogP contribution in [0.1, 0.15) is 335 Å². The highest BCUT2D eigenvalue weighted by Gasteiger charge is 2.18. The lowest BCUT2D eigenvalue weighted by Crippen LogP contribution is -2.45. The fraction of sp³-hybridized carbons (Fsp3) is 0.859. The maximum Gasteiger partial charge on any atom is 0.220 e. The Morgan fingerprint density at radius 2 is 0.574 bits per heavy atom. The SMILES string of the molecule is CCCCCCCCCC/C=C\CCCCCCCCCCCCCCCCCCCCCC(=O)NC(CO)C(O)/C=C/CC/C=C/CC/C=C/CCCCCCCCCCCCCCCCC. The van der Waals surface area contributed by atoms with Crippen LogP contribution in [-0.4, -0.2) is 34.9 Å². The largest absolute Gasteiger partial charge is 0.394 e. The Morgan fingerprint density at radius 3 is 0.853 bits per heavy atom. The summed E-state index contributed by atoms with van der Waals surface area (Å²) in [5.74, 6) is -0.0725. The summed E-state index contributed by atoms with van der Waals surface area (Å²) in [6.45, 7) is 4.33. The molecule has 0 radical (unpaired) electrons. The fourth-order valence-corrected chi connectivity index (χ4v) is 9.56. The summed E-state index contributed by atoms with van der Waals surface area (Å²) in [6, 6.07) is -0.646. The van der Waals surface area contributed by atoms with Gasteiger partial charge in [0.2, 0.25) is 5.91 Å². The first kappa shape index (κ1) is 66.3. The van der Waals surface area contributed by atoms with E-state index in [9.17, 15) is 15.0 Å². The Kier molecular flexibility index (Phi) is 58.2. The summed E-state index contributed by atoms with van der Waals surface area (Å²) in [5, 5.41) is 23.2. The molecule has 0 aromatic heterocycles. The van der Waals surface area contributed by atoms with Gasteiger partial charge in [-0.3, -0.25) is 4.79 Å². The molecule has 0 heterocycles. The van der Waals surface area contributed by atoms with Crippen molar-refractivity contribution in [3.05, 3.63) is 48.6 Å². The van der Waals surface area contributed by atoms with Crippen LogP contribution in [0.3, 0.4) is 0 Å². The third kappa shape index (κ3) is 55.3. The molecule has 0 fully saturated rings. The van der Waals surface area contributed by atoms with E-state index in [1.165, 1.54) is 276 Å². The first-order valence-corrected chi connectivity index (χ1v) is 30.9. The van der Waals surface area contributed by atoms with Gasteiger partial charge in [0.15, 0.2) is 0 Å². The number of carbonyl (C=O) groups is 1.